The first-order valence-corrected chi connectivity index (χ1v) is 5.85. The van der Waals surface area contributed by atoms with Crippen molar-refractivity contribution in [3.63, 3.8) is 0 Å². The molecule has 1 aromatic heterocycles. The number of benzene rings is 1. The number of nitrogens with two attached hydrogens (primary N) is 1. The Balaban J connectivity index is 1.75. The zero-order valence-corrected chi connectivity index (χ0v) is 10.6. The van der Waals surface area contributed by atoms with Crippen LogP contribution < -0.4 is 15.8 Å². The molecule has 0 aliphatic heterocycles. The van der Waals surface area contributed by atoms with E-state index in [1.165, 1.54) is 0 Å². The van der Waals surface area contributed by atoms with Crippen LogP contribution in [0.1, 0.15) is 16.2 Å². The summed E-state index contributed by atoms with van der Waals surface area (Å²) in [5.74, 6) is 0.481. The van der Waals surface area contributed by atoms with Gasteiger partial charge in [-0.15, -0.1) is 0 Å². The SMILES string of the molecule is Cc1cc(C(=O)NCCOc2ccccc2N)on1. The van der Waals surface area contributed by atoms with E-state index in [1.54, 1.807) is 25.1 Å². The summed E-state index contributed by atoms with van der Waals surface area (Å²) >= 11 is 0. The molecule has 0 atom stereocenters. The molecule has 0 fully saturated rings. The predicted octanol–water partition coefficient (Wildman–Crippen LogP) is 1.37. The highest BCUT2D eigenvalue weighted by Crippen LogP contribution is 2.19. The van der Waals surface area contributed by atoms with E-state index in [4.69, 9.17) is 15.0 Å². The predicted molar refractivity (Wildman–Crippen MR) is 69.9 cm³/mol. The number of amides is 1. The molecule has 100 valence electrons. The van der Waals surface area contributed by atoms with E-state index in [2.05, 4.69) is 10.5 Å². The number of para-hydroxylation sites is 2. The van der Waals surface area contributed by atoms with E-state index in [0.29, 0.717) is 30.3 Å². The van der Waals surface area contributed by atoms with Gasteiger partial charge in [-0.05, 0) is 19.1 Å². The molecule has 0 spiro atoms. The second-order valence-corrected chi connectivity index (χ2v) is 3.97. The molecule has 6 heteroatoms. The van der Waals surface area contributed by atoms with Crippen molar-refractivity contribution in [1.29, 1.82) is 0 Å². The molecule has 1 aromatic carbocycles. The Hall–Kier alpha value is -2.50. The van der Waals surface area contributed by atoms with Crippen LogP contribution in [0.2, 0.25) is 0 Å². The van der Waals surface area contributed by atoms with Gasteiger partial charge in [0.25, 0.3) is 5.91 Å². The summed E-state index contributed by atoms with van der Waals surface area (Å²) in [6, 6.07) is 8.77. The smallest absolute Gasteiger partial charge is 0.290 e. The van der Waals surface area contributed by atoms with E-state index in [-0.39, 0.29) is 11.7 Å². The number of hydrogen-bond acceptors (Lipinski definition) is 5. The van der Waals surface area contributed by atoms with Crippen LogP contribution in [0.5, 0.6) is 5.75 Å². The quantitative estimate of drug-likeness (QED) is 0.626. The first-order chi connectivity index (χ1) is 9.16. The maximum atomic E-state index is 11.6. The van der Waals surface area contributed by atoms with E-state index in [9.17, 15) is 4.79 Å². The van der Waals surface area contributed by atoms with Gasteiger partial charge in [0, 0.05) is 6.07 Å². The van der Waals surface area contributed by atoms with E-state index in [0.717, 1.165) is 0 Å². The highest BCUT2D eigenvalue weighted by molar-refractivity contribution is 5.91. The Morgan fingerprint density at radius 1 is 1.47 bits per heavy atom. The van der Waals surface area contributed by atoms with Crippen LogP contribution in [0, 0.1) is 6.92 Å². The van der Waals surface area contributed by atoms with Crippen molar-refractivity contribution in [1.82, 2.24) is 10.5 Å². The van der Waals surface area contributed by atoms with Crippen molar-refractivity contribution in [2.75, 3.05) is 18.9 Å². The summed E-state index contributed by atoms with van der Waals surface area (Å²) in [4.78, 5) is 11.6. The van der Waals surface area contributed by atoms with Crippen LogP contribution in [-0.2, 0) is 0 Å². The number of carbonyl (C=O) groups is 1. The summed E-state index contributed by atoms with van der Waals surface area (Å²) in [6.07, 6.45) is 0. The van der Waals surface area contributed by atoms with Crippen LogP contribution >= 0.6 is 0 Å². The Labute approximate surface area is 110 Å². The van der Waals surface area contributed by atoms with Crippen molar-refractivity contribution in [2.45, 2.75) is 6.92 Å². The lowest BCUT2D eigenvalue weighted by Crippen LogP contribution is -2.27. The van der Waals surface area contributed by atoms with Crippen molar-refractivity contribution in [2.24, 2.45) is 0 Å². The molecule has 0 bridgehead atoms. The lowest BCUT2D eigenvalue weighted by molar-refractivity contribution is 0.0910. The monoisotopic (exact) mass is 261 g/mol. The van der Waals surface area contributed by atoms with E-state index < -0.39 is 0 Å². The molecule has 0 saturated heterocycles. The van der Waals surface area contributed by atoms with Gasteiger partial charge in [0.05, 0.1) is 17.9 Å². The van der Waals surface area contributed by atoms with Crippen molar-refractivity contribution >= 4 is 11.6 Å². The first-order valence-electron chi connectivity index (χ1n) is 5.85. The number of carbonyl (C=O) groups excluding carboxylic acids is 1. The maximum absolute atomic E-state index is 11.6. The standard InChI is InChI=1S/C13H15N3O3/c1-9-8-12(19-16-9)13(17)15-6-7-18-11-5-3-2-4-10(11)14/h2-5,8H,6-7,14H2,1H3,(H,15,17). The molecule has 0 unspecified atom stereocenters. The van der Waals surface area contributed by atoms with Crippen LogP contribution in [0.3, 0.4) is 0 Å². The largest absolute Gasteiger partial charge is 0.490 e. The second kappa shape index (κ2) is 5.90. The number of rotatable bonds is 5. The highest BCUT2D eigenvalue weighted by atomic mass is 16.5. The Morgan fingerprint density at radius 3 is 2.95 bits per heavy atom. The van der Waals surface area contributed by atoms with Gasteiger partial charge in [-0.1, -0.05) is 17.3 Å². The fourth-order valence-corrected chi connectivity index (χ4v) is 1.50. The molecule has 0 saturated carbocycles. The van der Waals surface area contributed by atoms with Gasteiger partial charge >= 0.3 is 0 Å². The van der Waals surface area contributed by atoms with Crippen molar-refractivity contribution < 1.29 is 14.1 Å². The van der Waals surface area contributed by atoms with E-state index in [1.807, 2.05) is 12.1 Å². The molecule has 1 heterocycles. The zero-order chi connectivity index (χ0) is 13.7. The van der Waals surface area contributed by atoms with Gasteiger partial charge < -0.3 is 20.3 Å². The number of nitrogens with one attached hydrogen (secondary N) is 1. The third-order valence-electron chi connectivity index (χ3n) is 2.42. The maximum Gasteiger partial charge on any atom is 0.290 e. The van der Waals surface area contributed by atoms with Gasteiger partial charge in [-0.25, -0.2) is 0 Å². The summed E-state index contributed by atoms with van der Waals surface area (Å²) < 4.78 is 10.3. The minimum absolute atomic E-state index is 0.191. The minimum Gasteiger partial charge on any atom is -0.490 e. The fourth-order valence-electron chi connectivity index (χ4n) is 1.50. The number of nitrogens with zero attached hydrogens (tertiary/aromatic N) is 1. The van der Waals surface area contributed by atoms with Crippen LogP contribution in [0.4, 0.5) is 5.69 Å². The molecular weight excluding hydrogens is 246 g/mol. The summed E-state index contributed by atoms with van der Waals surface area (Å²) in [7, 11) is 0. The molecule has 0 aliphatic carbocycles. The van der Waals surface area contributed by atoms with Gasteiger partial charge in [0.2, 0.25) is 5.76 Å². The number of aryl methyl sites for hydroxylation is 1. The Kier molecular flexibility index (Phi) is 4.02. The Bertz CT molecular complexity index is 566. The number of ether oxygens (including phenoxy) is 1. The highest BCUT2D eigenvalue weighted by Gasteiger charge is 2.10. The average molecular weight is 261 g/mol. The number of aromatic nitrogens is 1. The molecule has 0 aliphatic rings. The van der Waals surface area contributed by atoms with Crippen molar-refractivity contribution in [3.05, 3.63) is 41.8 Å². The molecule has 2 rings (SSSR count). The molecular formula is C13H15N3O3. The average Bonchev–Trinajstić information content (AvgIpc) is 2.83. The van der Waals surface area contributed by atoms with Crippen LogP contribution in [0.15, 0.2) is 34.9 Å². The number of hydrogen-bond donors (Lipinski definition) is 2. The zero-order valence-electron chi connectivity index (χ0n) is 10.6. The van der Waals surface area contributed by atoms with Crippen molar-refractivity contribution in [3.8, 4) is 5.75 Å². The molecule has 3 N–H and O–H groups in total. The van der Waals surface area contributed by atoms with Gasteiger partial charge in [-0.2, -0.15) is 0 Å². The topological polar surface area (TPSA) is 90.4 Å². The molecule has 2 aromatic rings. The van der Waals surface area contributed by atoms with Crippen LogP contribution in [-0.4, -0.2) is 24.2 Å². The van der Waals surface area contributed by atoms with Gasteiger partial charge in [0.1, 0.15) is 12.4 Å². The summed E-state index contributed by atoms with van der Waals surface area (Å²) in [6.45, 7) is 2.43. The molecule has 0 radical (unpaired) electrons. The summed E-state index contributed by atoms with van der Waals surface area (Å²) in [5.41, 5.74) is 6.96. The lowest BCUT2D eigenvalue weighted by atomic mass is 10.3. The normalized spacial score (nSPS) is 10.2. The molecule has 6 nitrogen and oxygen atoms in total. The van der Waals surface area contributed by atoms with E-state index >= 15 is 0 Å². The summed E-state index contributed by atoms with van der Waals surface area (Å²) in [5, 5.41) is 6.30. The van der Waals surface area contributed by atoms with Gasteiger partial charge in [0.15, 0.2) is 0 Å². The number of anilines is 1. The van der Waals surface area contributed by atoms with Crippen LogP contribution in [0.25, 0.3) is 0 Å². The molecule has 19 heavy (non-hydrogen) atoms. The minimum atomic E-state index is -0.315. The number of nitrogen functional groups attached to an aromatic ring is 1. The Morgan fingerprint density at radius 2 is 2.26 bits per heavy atom. The fraction of sp³-hybridized carbons (Fsp3) is 0.231. The second-order valence-electron chi connectivity index (χ2n) is 3.97. The molecule has 1 amide bonds. The lowest BCUT2D eigenvalue weighted by Gasteiger charge is -2.08. The third kappa shape index (κ3) is 3.48. The van der Waals surface area contributed by atoms with Gasteiger partial charge in [-0.3, -0.25) is 4.79 Å². The first kappa shape index (κ1) is 12.9. The third-order valence-corrected chi connectivity index (χ3v) is 2.42.